The average molecular weight is 340 g/mol. The molecule has 0 saturated heterocycles. The van der Waals surface area contributed by atoms with Crippen molar-refractivity contribution in [3.05, 3.63) is 43.0 Å². The lowest BCUT2D eigenvalue weighted by Gasteiger charge is -2.28. The number of para-hydroxylation sites is 1. The number of rotatable bonds is 6. The molecule has 20 heavy (non-hydrogen) atoms. The van der Waals surface area contributed by atoms with Crippen LogP contribution in [0.15, 0.2) is 43.0 Å². The van der Waals surface area contributed by atoms with Gasteiger partial charge in [-0.3, -0.25) is 4.79 Å². The van der Waals surface area contributed by atoms with Crippen LogP contribution in [0.25, 0.3) is 0 Å². The molecule has 0 aromatic heterocycles. The maximum absolute atomic E-state index is 12.6. The van der Waals surface area contributed by atoms with E-state index in [-0.39, 0.29) is 18.9 Å². The highest BCUT2D eigenvalue weighted by Crippen LogP contribution is 2.29. The molecule has 1 aromatic carbocycles. The standard InChI is InChI=1S/C15H18BrNO3/c1-4-11-15(16,14(19)20-5-2)13(18)17(3)12-9-7-6-8-10-12/h4,6-10H,1,5,11H2,2-3H3. The van der Waals surface area contributed by atoms with Gasteiger partial charge in [0.05, 0.1) is 6.61 Å². The minimum Gasteiger partial charge on any atom is -0.465 e. The number of benzene rings is 1. The van der Waals surface area contributed by atoms with Crippen LogP contribution < -0.4 is 4.90 Å². The van der Waals surface area contributed by atoms with E-state index in [9.17, 15) is 9.59 Å². The van der Waals surface area contributed by atoms with Crippen LogP contribution in [0.2, 0.25) is 0 Å². The summed E-state index contributed by atoms with van der Waals surface area (Å²) in [6.45, 7) is 5.51. The van der Waals surface area contributed by atoms with Crippen molar-refractivity contribution in [1.29, 1.82) is 0 Å². The fraction of sp³-hybridized carbons (Fsp3) is 0.333. The van der Waals surface area contributed by atoms with Gasteiger partial charge in [-0.05, 0) is 19.1 Å². The fourth-order valence-corrected chi connectivity index (χ4v) is 2.35. The minimum atomic E-state index is -1.44. The van der Waals surface area contributed by atoms with Crippen LogP contribution in [0.4, 0.5) is 5.69 Å². The Bertz CT molecular complexity index is 489. The van der Waals surface area contributed by atoms with Crippen LogP contribution in [-0.4, -0.2) is 29.9 Å². The number of anilines is 1. The van der Waals surface area contributed by atoms with Crippen LogP contribution in [0.1, 0.15) is 13.3 Å². The number of hydrogen-bond donors (Lipinski definition) is 0. The zero-order valence-corrected chi connectivity index (χ0v) is 13.2. The zero-order valence-electron chi connectivity index (χ0n) is 11.6. The molecule has 1 amide bonds. The highest BCUT2D eigenvalue weighted by Gasteiger charge is 2.45. The van der Waals surface area contributed by atoms with Gasteiger partial charge in [0.15, 0.2) is 0 Å². The SMILES string of the molecule is C=CCC(Br)(C(=O)OCC)C(=O)N(C)c1ccccc1. The summed E-state index contributed by atoms with van der Waals surface area (Å²) in [5.74, 6) is -0.991. The maximum atomic E-state index is 12.6. The molecule has 1 rings (SSSR count). The third kappa shape index (κ3) is 3.48. The second-order valence-corrected chi connectivity index (χ2v) is 5.57. The number of nitrogens with zero attached hydrogens (tertiary/aromatic N) is 1. The van der Waals surface area contributed by atoms with Crippen LogP contribution in [0.3, 0.4) is 0 Å². The van der Waals surface area contributed by atoms with Crippen molar-refractivity contribution in [2.75, 3.05) is 18.6 Å². The summed E-state index contributed by atoms with van der Waals surface area (Å²) in [7, 11) is 1.62. The molecule has 0 fully saturated rings. The van der Waals surface area contributed by atoms with Gasteiger partial charge in [-0.2, -0.15) is 0 Å². The first-order valence-corrected chi connectivity index (χ1v) is 7.07. The zero-order chi connectivity index (χ0) is 15.2. The smallest absolute Gasteiger partial charge is 0.332 e. The first kappa shape index (κ1) is 16.4. The first-order chi connectivity index (χ1) is 9.47. The Morgan fingerprint density at radius 1 is 1.40 bits per heavy atom. The molecule has 1 atom stereocenters. The van der Waals surface area contributed by atoms with Gasteiger partial charge < -0.3 is 9.64 Å². The summed E-state index contributed by atoms with van der Waals surface area (Å²) >= 11 is 3.24. The molecule has 0 aliphatic heterocycles. The molecule has 1 aromatic rings. The predicted octanol–water partition coefficient (Wildman–Crippen LogP) is 2.92. The molecular weight excluding hydrogens is 322 g/mol. The molecule has 108 valence electrons. The third-order valence-electron chi connectivity index (χ3n) is 2.81. The van der Waals surface area contributed by atoms with Crippen molar-refractivity contribution >= 4 is 33.5 Å². The Hall–Kier alpha value is -1.62. The number of hydrogen-bond acceptors (Lipinski definition) is 3. The van der Waals surface area contributed by atoms with E-state index in [0.29, 0.717) is 5.69 Å². The third-order valence-corrected chi connectivity index (χ3v) is 3.80. The summed E-state index contributed by atoms with van der Waals surface area (Å²) in [6.07, 6.45) is 1.67. The molecule has 5 heteroatoms. The number of amides is 1. The van der Waals surface area contributed by atoms with Crippen molar-refractivity contribution in [2.24, 2.45) is 0 Å². The summed E-state index contributed by atoms with van der Waals surface area (Å²) in [5, 5.41) is 0. The van der Waals surface area contributed by atoms with Gasteiger partial charge in [0.1, 0.15) is 0 Å². The molecule has 0 N–H and O–H groups in total. The normalized spacial score (nSPS) is 13.2. The topological polar surface area (TPSA) is 46.6 Å². The van der Waals surface area contributed by atoms with Crippen molar-refractivity contribution < 1.29 is 14.3 Å². The van der Waals surface area contributed by atoms with E-state index in [1.807, 2.05) is 18.2 Å². The first-order valence-electron chi connectivity index (χ1n) is 6.27. The van der Waals surface area contributed by atoms with E-state index >= 15 is 0 Å². The van der Waals surface area contributed by atoms with Crippen LogP contribution in [0, 0.1) is 0 Å². The lowest BCUT2D eigenvalue weighted by molar-refractivity contribution is -0.148. The maximum Gasteiger partial charge on any atom is 0.332 e. The van der Waals surface area contributed by atoms with Gasteiger partial charge in [0.2, 0.25) is 4.32 Å². The van der Waals surface area contributed by atoms with E-state index in [2.05, 4.69) is 22.5 Å². The van der Waals surface area contributed by atoms with E-state index < -0.39 is 10.3 Å². The number of carbonyl (C=O) groups excluding carboxylic acids is 2. The van der Waals surface area contributed by atoms with Crippen molar-refractivity contribution in [3.8, 4) is 0 Å². The van der Waals surface area contributed by atoms with Gasteiger partial charge >= 0.3 is 5.97 Å². The number of alkyl halides is 1. The number of allylic oxidation sites excluding steroid dienone is 1. The Kier molecular flexibility index (Phi) is 5.95. The summed E-state index contributed by atoms with van der Waals surface area (Å²) in [4.78, 5) is 26.1. The van der Waals surface area contributed by atoms with E-state index in [0.717, 1.165) is 0 Å². The monoisotopic (exact) mass is 339 g/mol. The van der Waals surface area contributed by atoms with Gasteiger partial charge in [-0.15, -0.1) is 6.58 Å². The largest absolute Gasteiger partial charge is 0.465 e. The molecule has 0 aliphatic rings. The number of esters is 1. The highest BCUT2D eigenvalue weighted by molar-refractivity contribution is 9.10. The molecule has 0 saturated carbocycles. The molecule has 4 nitrogen and oxygen atoms in total. The minimum absolute atomic E-state index is 0.155. The molecule has 1 unspecified atom stereocenters. The molecule has 0 heterocycles. The lowest BCUT2D eigenvalue weighted by atomic mass is 10.0. The Labute approximate surface area is 127 Å². The second-order valence-electron chi connectivity index (χ2n) is 4.21. The Morgan fingerprint density at radius 2 is 2.00 bits per heavy atom. The summed E-state index contributed by atoms with van der Waals surface area (Å²) in [5.41, 5.74) is 0.703. The average Bonchev–Trinajstić information content (AvgIpc) is 2.47. The number of ether oxygens (including phenoxy) is 1. The van der Waals surface area contributed by atoms with Crippen LogP contribution in [-0.2, 0) is 14.3 Å². The van der Waals surface area contributed by atoms with Crippen LogP contribution in [0.5, 0.6) is 0 Å². The van der Waals surface area contributed by atoms with Crippen LogP contribution >= 0.6 is 15.9 Å². The van der Waals surface area contributed by atoms with Crippen molar-refractivity contribution in [3.63, 3.8) is 0 Å². The molecule has 0 aliphatic carbocycles. The molecule has 0 radical (unpaired) electrons. The molecule has 0 spiro atoms. The van der Waals surface area contributed by atoms with Gasteiger partial charge in [0, 0.05) is 19.2 Å². The Morgan fingerprint density at radius 3 is 2.50 bits per heavy atom. The highest BCUT2D eigenvalue weighted by atomic mass is 79.9. The van der Waals surface area contributed by atoms with E-state index in [1.165, 1.54) is 11.0 Å². The van der Waals surface area contributed by atoms with Crippen molar-refractivity contribution in [1.82, 2.24) is 0 Å². The predicted molar refractivity (Wildman–Crippen MR) is 83.0 cm³/mol. The van der Waals surface area contributed by atoms with Crippen molar-refractivity contribution in [2.45, 2.75) is 17.7 Å². The summed E-state index contributed by atoms with van der Waals surface area (Å²) < 4.78 is 3.55. The lowest BCUT2D eigenvalue weighted by Crippen LogP contribution is -2.49. The molecular formula is C15H18BrNO3. The second kappa shape index (κ2) is 7.24. The van der Waals surface area contributed by atoms with Gasteiger partial charge in [-0.1, -0.05) is 40.2 Å². The number of carbonyl (C=O) groups is 2. The number of halogens is 1. The molecule has 0 bridgehead atoms. The van der Waals surface area contributed by atoms with Gasteiger partial charge in [-0.25, -0.2) is 4.79 Å². The van der Waals surface area contributed by atoms with Gasteiger partial charge in [0.25, 0.3) is 5.91 Å². The fourth-order valence-electron chi connectivity index (χ4n) is 1.74. The van der Waals surface area contributed by atoms with E-state index in [4.69, 9.17) is 4.74 Å². The quantitative estimate of drug-likeness (QED) is 0.346. The van der Waals surface area contributed by atoms with E-state index in [1.54, 1.807) is 26.1 Å². The summed E-state index contributed by atoms with van der Waals surface area (Å²) in [6, 6.07) is 9.10. The Balaban J connectivity index is 3.05.